The molecule has 1 aromatic carbocycles. The summed E-state index contributed by atoms with van der Waals surface area (Å²) in [7, 11) is 3.33. The van der Waals surface area contributed by atoms with E-state index in [2.05, 4.69) is 35.8 Å². The minimum atomic E-state index is 0.253. The number of nitrogens with zero attached hydrogens (tertiary/aromatic N) is 2. The Kier molecular flexibility index (Phi) is 7.34. The van der Waals surface area contributed by atoms with E-state index >= 15 is 0 Å². The maximum atomic E-state index is 9.40. The Hall–Kier alpha value is -1.30. The molecule has 24 heavy (non-hydrogen) atoms. The molecule has 1 aromatic rings. The predicted octanol–water partition coefficient (Wildman–Crippen LogP) is 2.23. The average molecular weight is 336 g/mol. The molecule has 0 amide bonds. The molecule has 1 aliphatic rings. The van der Waals surface area contributed by atoms with Gasteiger partial charge in [-0.2, -0.15) is 0 Å². The van der Waals surface area contributed by atoms with Crippen molar-refractivity contribution in [3.8, 4) is 11.5 Å². The van der Waals surface area contributed by atoms with E-state index in [0.717, 1.165) is 50.6 Å². The van der Waals surface area contributed by atoms with Crippen molar-refractivity contribution in [1.29, 1.82) is 0 Å². The Labute approximate surface area is 146 Å². The van der Waals surface area contributed by atoms with Crippen molar-refractivity contribution < 1.29 is 14.6 Å². The highest BCUT2D eigenvalue weighted by molar-refractivity contribution is 5.42. The minimum Gasteiger partial charge on any atom is -0.493 e. The Bertz CT molecular complexity index is 507. The van der Waals surface area contributed by atoms with Gasteiger partial charge in [-0.1, -0.05) is 19.9 Å². The van der Waals surface area contributed by atoms with Crippen molar-refractivity contribution in [2.75, 3.05) is 47.0 Å². The van der Waals surface area contributed by atoms with Crippen LogP contribution in [0.3, 0.4) is 0 Å². The molecule has 5 nitrogen and oxygen atoms in total. The normalized spacial score (nSPS) is 19.7. The van der Waals surface area contributed by atoms with Gasteiger partial charge in [0.2, 0.25) is 0 Å². The highest BCUT2D eigenvalue weighted by Crippen LogP contribution is 2.28. The van der Waals surface area contributed by atoms with Crippen LogP contribution in [0.5, 0.6) is 11.5 Å². The van der Waals surface area contributed by atoms with E-state index < -0.39 is 0 Å². The lowest BCUT2D eigenvalue weighted by Gasteiger charge is -2.42. The molecule has 1 saturated heterocycles. The molecular weight excluding hydrogens is 304 g/mol. The van der Waals surface area contributed by atoms with Crippen LogP contribution >= 0.6 is 0 Å². The maximum Gasteiger partial charge on any atom is 0.161 e. The van der Waals surface area contributed by atoms with Gasteiger partial charge in [0.1, 0.15) is 0 Å². The quantitative estimate of drug-likeness (QED) is 0.789. The van der Waals surface area contributed by atoms with Crippen molar-refractivity contribution in [1.82, 2.24) is 9.80 Å². The summed E-state index contributed by atoms with van der Waals surface area (Å²) in [5, 5.41) is 9.40. The highest BCUT2D eigenvalue weighted by Gasteiger charge is 2.27. The largest absolute Gasteiger partial charge is 0.493 e. The maximum absolute atomic E-state index is 9.40. The van der Waals surface area contributed by atoms with Crippen LogP contribution in [0.25, 0.3) is 0 Å². The van der Waals surface area contributed by atoms with E-state index in [9.17, 15) is 5.11 Å². The summed E-state index contributed by atoms with van der Waals surface area (Å²) in [6.45, 7) is 9.90. The molecule has 0 spiro atoms. The molecule has 1 aliphatic heterocycles. The van der Waals surface area contributed by atoms with Crippen molar-refractivity contribution in [2.45, 2.75) is 32.9 Å². The second-order valence-electron chi connectivity index (χ2n) is 6.98. The first-order valence-corrected chi connectivity index (χ1v) is 8.85. The Morgan fingerprint density at radius 3 is 2.54 bits per heavy atom. The third-order valence-corrected chi connectivity index (χ3v) is 4.60. The fourth-order valence-electron chi connectivity index (χ4n) is 3.47. The van der Waals surface area contributed by atoms with E-state index in [1.54, 1.807) is 14.2 Å². The molecule has 5 heteroatoms. The van der Waals surface area contributed by atoms with Crippen LogP contribution in [0.1, 0.15) is 25.8 Å². The molecule has 0 radical (unpaired) electrons. The lowest BCUT2D eigenvalue weighted by molar-refractivity contribution is 0.0476. The van der Waals surface area contributed by atoms with Gasteiger partial charge in [-0.3, -0.25) is 9.80 Å². The molecule has 1 N–H and O–H groups in total. The van der Waals surface area contributed by atoms with Gasteiger partial charge in [-0.25, -0.2) is 0 Å². The molecule has 0 aromatic heterocycles. The number of piperazine rings is 1. The number of rotatable bonds is 8. The van der Waals surface area contributed by atoms with Crippen molar-refractivity contribution in [3.63, 3.8) is 0 Å². The van der Waals surface area contributed by atoms with Gasteiger partial charge in [0.15, 0.2) is 11.5 Å². The number of hydrogen-bond donors (Lipinski definition) is 1. The Morgan fingerprint density at radius 1 is 1.17 bits per heavy atom. The first-order valence-electron chi connectivity index (χ1n) is 8.85. The second-order valence-corrected chi connectivity index (χ2v) is 6.98. The third-order valence-electron chi connectivity index (χ3n) is 4.60. The topological polar surface area (TPSA) is 45.2 Å². The molecule has 136 valence electrons. The molecule has 2 rings (SSSR count). The predicted molar refractivity (Wildman–Crippen MR) is 96.7 cm³/mol. The van der Waals surface area contributed by atoms with Gasteiger partial charge < -0.3 is 14.6 Å². The van der Waals surface area contributed by atoms with Gasteiger partial charge in [0.25, 0.3) is 0 Å². The zero-order valence-electron chi connectivity index (χ0n) is 15.5. The van der Waals surface area contributed by atoms with Crippen molar-refractivity contribution >= 4 is 0 Å². The summed E-state index contributed by atoms with van der Waals surface area (Å²) >= 11 is 0. The fourth-order valence-corrected chi connectivity index (χ4v) is 3.47. The summed E-state index contributed by atoms with van der Waals surface area (Å²) in [5.41, 5.74) is 1.23. The number of aliphatic hydroxyl groups is 1. The SMILES string of the molecule is COc1ccc(CN2CCN(CC(C)C)C(CCO)C2)cc1OC. The van der Waals surface area contributed by atoms with Crippen molar-refractivity contribution in [3.05, 3.63) is 23.8 Å². The summed E-state index contributed by atoms with van der Waals surface area (Å²) in [4.78, 5) is 5.00. The highest BCUT2D eigenvalue weighted by atomic mass is 16.5. The monoisotopic (exact) mass is 336 g/mol. The standard InChI is InChI=1S/C19H32N2O3/c1-15(2)12-21-9-8-20(14-17(21)7-10-22)13-16-5-6-18(23-3)19(11-16)24-4/h5-6,11,15,17,22H,7-10,12-14H2,1-4H3. The van der Waals surface area contributed by atoms with Gasteiger partial charge in [0.05, 0.1) is 14.2 Å². The first-order chi connectivity index (χ1) is 11.6. The minimum absolute atomic E-state index is 0.253. The molecule has 1 unspecified atom stereocenters. The van der Waals surface area contributed by atoms with Crippen LogP contribution in [0.4, 0.5) is 0 Å². The van der Waals surface area contributed by atoms with Crippen LogP contribution in [-0.4, -0.2) is 68.0 Å². The second kappa shape index (κ2) is 9.25. The first kappa shape index (κ1) is 19.0. The number of hydrogen-bond acceptors (Lipinski definition) is 5. The van der Waals surface area contributed by atoms with Crippen LogP contribution in [0.2, 0.25) is 0 Å². The Balaban J connectivity index is 2.00. The summed E-state index contributed by atoms with van der Waals surface area (Å²) in [5.74, 6) is 2.20. The third kappa shape index (κ3) is 5.10. The lowest BCUT2D eigenvalue weighted by atomic mass is 10.1. The van der Waals surface area contributed by atoms with Crippen LogP contribution in [0, 0.1) is 5.92 Å². The smallest absolute Gasteiger partial charge is 0.161 e. The Morgan fingerprint density at radius 2 is 1.92 bits per heavy atom. The molecule has 0 saturated carbocycles. The number of benzene rings is 1. The number of ether oxygens (including phenoxy) is 2. The zero-order valence-corrected chi connectivity index (χ0v) is 15.5. The van der Waals surface area contributed by atoms with E-state index in [1.807, 2.05) is 6.07 Å². The molecular formula is C19H32N2O3. The number of methoxy groups -OCH3 is 2. The molecule has 1 atom stereocenters. The van der Waals surface area contributed by atoms with Crippen molar-refractivity contribution in [2.24, 2.45) is 5.92 Å². The molecule has 1 fully saturated rings. The molecule has 1 heterocycles. The lowest BCUT2D eigenvalue weighted by Crippen LogP contribution is -2.53. The van der Waals surface area contributed by atoms with Crippen LogP contribution in [0.15, 0.2) is 18.2 Å². The van der Waals surface area contributed by atoms with Crippen LogP contribution < -0.4 is 9.47 Å². The molecule has 0 aliphatic carbocycles. The summed E-state index contributed by atoms with van der Waals surface area (Å²) < 4.78 is 10.7. The summed E-state index contributed by atoms with van der Waals surface area (Å²) in [6.07, 6.45) is 0.842. The van der Waals surface area contributed by atoms with Gasteiger partial charge >= 0.3 is 0 Å². The summed E-state index contributed by atoms with van der Waals surface area (Å²) in [6, 6.07) is 6.56. The van der Waals surface area contributed by atoms with Crippen LogP contribution in [-0.2, 0) is 6.54 Å². The van der Waals surface area contributed by atoms with Gasteiger partial charge in [-0.05, 0) is 30.0 Å². The van der Waals surface area contributed by atoms with Gasteiger partial charge in [0, 0.05) is 45.4 Å². The average Bonchev–Trinajstić information content (AvgIpc) is 2.57. The number of aliphatic hydroxyl groups excluding tert-OH is 1. The van der Waals surface area contributed by atoms with E-state index in [-0.39, 0.29) is 6.61 Å². The van der Waals surface area contributed by atoms with E-state index in [1.165, 1.54) is 5.56 Å². The molecule has 0 bridgehead atoms. The van der Waals surface area contributed by atoms with Gasteiger partial charge in [-0.15, -0.1) is 0 Å². The zero-order chi connectivity index (χ0) is 17.5. The fraction of sp³-hybridized carbons (Fsp3) is 0.684. The van der Waals surface area contributed by atoms with E-state index in [0.29, 0.717) is 12.0 Å². The van der Waals surface area contributed by atoms with E-state index in [4.69, 9.17) is 9.47 Å².